The molecule has 0 fully saturated rings. The zero-order valence-electron chi connectivity index (χ0n) is 17.1. The third-order valence-corrected chi connectivity index (χ3v) is 6.33. The predicted octanol–water partition coefficient (Wildman–Crippen LogP) is 4.29. The third-order valence-electron chi connectivity index (χ3n) is 4.60. The number of nitrogens with one attached hydrogen (secondary N) is 2. The highest BCUT2D eigenvalue weighted by atomic mass is 35.5. The number of halogens is 4. The molecule has 0 aliphatic carbocycles. The number of anilines is 1. The van der Waals surface area contributed by atoms with Gasteiger partial charge < -0.3 is 10.1 Å². The van der Waals surface area contributed by atoms with Crippen LogP contribution >= 0.6 is 11.6 Å². The Kier molecular flexibility index (Phi) is 7.62. The van der Waals surface area contributed by atoms with Crippen molar-refractivity contribution in [2.45, 2.75) is 17.4 Å². The molecule has 6 nitrogen and oxygen atoms in total. The van der Waals surface area contributed by atoms with Gasteiger partial charge in [-0.2, -0.15) is 4.72 Å². The minimum atomic E-state index is -4.36. The zero-order valence-corrected chi connectivity index (χ0v) is 18.7. The van der Waals surface area contributed by atoms with Crippen LogP contribution in [0.4, 0.5) is 18.9 Å². The standard InChI is InChI=1S/C22H18ClF3N2O4S/c1-32-18-10-7-14(23)12-19(18)33(30,31)28-17(11-13-5-3-2-4-6-13)22(29)27-16-9-8-15(24)20(25)21(16)26/h2-10,12,17,28H,11H2,1H3,(H,27,29). The fraction of sp³-hybridized carbons (Fsp3) is 0.136. The smallest absolute Gasteiger partial charge is 0.245 e. The van der Waals surface area contributed by atoms with E-state index >= 15 is 0 Å². The lowest BCUT2D eigenvalue weighted by molar-refractivity contribution is -0.117. The first-order valence-corrected chi connectivity index (χ1v) is 11.3. The van der Waals surface area contributed by atoms with E-state index in [1.54, 1.807) is 30.3 Å². The number of hydrogen-bond acceptors (Lipinski definition) is 4. The summed E-state index contributed by atoms with van der Waals surface area (Å²) in [4.78, 5) is 12.6. The molecule has 0 bridgehead atoms. The molecule has 174 valence electrons. The summed E-state index contributed by atoms with van der Waals surface area (Å²) < 4.78 is 74.3. The monoisotopic (exact) mass is 498 g/mol. The molecular weight excluding hydrogens is 481 g/mol. The second-order valence-corrected chi connectivity index (χ2v) is 8.99. The first kappa shape index (κ1) is 24.6. The number of carbonyl (C=O) groups is 1. The van der Waals surface area contributed by atoms with E-state index in [1.807, 2.05) is 0 Å². The normalized spacial score (nSPS) is 12.3. The summed E-state index contributed by atoms with van der Waals surface area (Å²) in [7, 11) is -3.09. The lowest BCUT2D eigenvalue weighted by atomic mass is 10.1. The van der Waals surface area contributed by atoms with Gasteiger partial charge in [0.2, 0.25) is 15.9 Å². The van der Waals surface area contributed by atoms with Crippen LogP contribution in [0.2, 0.25) is 5.02 Å². The Labute approximate surface area is 193 Å². The highest BCUT2D eigenvalue weighted by molar-refractivity contribution is 7.89. The van der Waals surface area contributed by atoms with Crippen LogP contribution in [0.25, 0.3) is 0 Å². The maximum atomic E-state index is 14.1. The number of benzene rings is 3. The zero-order chi connectivity index (χ0) is 24.2. The summed E-state index contributed by atoms with van der Waals surface area (Å²) in [5.74, 6) is -5.82. The van der Waals surface area contributed by atoms with Crippen LogP contribution in [0.5, 0.6) is 5.75 Å². The molecule has 0 saturated carbocycles. The Hall–Kier alpha value is -3.08. The SMILES string of the molecule is COc1ccc(Cl)cc1S(=O)(=O)NC(Cc1ccccc1)C(=O)Nc1ccc(F)c(F)c1F. The summed E-state index contributed by atoms with van der Waals surface area (Å²) in [5, 5.41) is 2.22. The number of carbonyl (C=O) groups excluding carboxylic acids is 1. The Balaban J connectivity index is 1.95. The van der Waals surface area contributed by atoms with E-state index < -0.39 is 45.1 Å². The molecule has 1 amide bonds. The molecule has 1 atom stereocenters. The molecule has 2 N–H and O–H groups in total. The van der Waals surface area contributed by atoms with E-state index in [1.165, 1.54) is 19.2 Å². The van der Waals surface area contributed by atoms with Gasteiger partial charge in [0.05, 0.1) is 12.8 Å². The van der Waals surface area contributed by atoms with Crippen LogP contribution in [0.3, 0.4) is 0 Å². The van der Waals surface area contributed by atoms with E-state index in [0.29, 0.717) is 11.6 Å². The molecule has 0 aliphatic rings. The Morgan fingerprint density at radius 1 is 1.03 bits per heavy atom. The average molecular weight is 499 g/mol. The molecule has 0 aliphatic heterocycles. The van der Waals surface area contributed by atoms with Crippen molar-refractivity contribution in [3.8, 4) is 5.75 Å². The number of ether oxygens (including phenoxy) is 1. The molecule has 0 aromatic heterocycles. The number of rotatable bonds is 8. The number of hydrogen-bond donors (Lipinski definition) is 2. The molecule has 3 aromatic carbocycles. The lowest BCUT2D eigenvalue weighted by Crippen LogP contribution is -2.45. The topological polar surface area (TPSA) is 84.5 Å². The first-order valence-electron chi connectivity index (χ1n) is 9.46. The van der Waals surface area contributed by atoms with Gasteiger partial charge in [-0.25, -0.2) is 21.6 Å². The van der Waals surface area contributed by atoms with E-state index in [4.69, 9.17) is 16.3 Å². The molecule has 11 heteroatoms. The van der Waals surface area contributed by atoms with Crippen LogP contribution in [-0.2, 0) is 21.2 Å². The summed E-state index contributed by atoms with van der Waals surface area (Å²) in [6, 6.07) is 12.4. The van der Waals surface area contributed by atoms with Crippen molar-refractivity contribution in [2.24, 2.45) is 0 Å². The summed E-state index contributed by atoms with van der Waals surface area (Å²) >= 11 is 5.93. The fourth-order valence-corrected chi connectivity index (χ4v) is 4.62. The first-order chi connectivity index (χ1) is 15.6. The van der Waals surface area contributed by atoms with E-state index in [0.717, 1.165) is 12.1 Å². The van der Waals surface area contributed by atoms with Crippen LogP contribution in [0.15, 0.2) is 65.6 Å². The molecule has 3 aromatic rings. The van der Waals surface area contributed by atoms with E-state index in [-0.39, 0.29) is 22.1 Å². The van der Waals surface area contributed by atoms with Gasteiger partial charge in [-0.3, -0.25) is 4.79 Å². The largest absolute Gasteiger partial charge is 0.495 e. The van der Waals surface area contributed by atoms with Crippen LogP contribution in [0.1, 0.15) is 5.56 Å². The minimum Gasteiger partial charge on any atom is -0.495 e. The number of sulfonamides is 1. The van der Waals surface area contributed by atoms with Gasteiger partial charge in [0.25, 0.3) is 0 Å². The summed E-state index contributed by atoms with van der Waals surface area (Å²) in [6.45, 7) is 0. The maximum absolute atomic E-state index is 14.1. The van der Waals surface area contributed by atoms with Crippen LogP contribution in [-0.4, -0.2) is 27.5 Å². The predicted molar refractivity (Wildman–Crippen MR) is 117 cm³/mol. The number of amides is 1. The van der Waals surface area contributed by atoms with Crippen molar-refractivity contribution in [2.75, 3.05) is 12.4 Å². The molecule has 0 saturated heterocycles. The Morgan fingerprint density at radius 3 is 2.39 bits per heavy atom. The second-order valence-electron chi connectivity index (χ2n) is 6.87. The summed E-state index contributed by atoms with van der Waals surface area (Å²) in [5.41, 5.74) is -0.0549. The minimum absolute atomic E-state index is 0.0163. The quantitative estimate of drug-likeness (QED) is 0.454. The van der Waals surface area contributed by atoms with Crippen molar-refractivity contribution in [1.82, 2.24) is 4.72 Å². The van der Waals surface area contributed by atoms with Crippen molar-refractivity contribution < 1.29 is 31.1 Å². The van der Waals surface area contributed by atoms with Crippen molar-refractivity contribution in [3.63, 3.8) is 0 Å². The maximum Gasteiger partial charge on any atom is 0.245 e. The van der Waals surface area contributed by atoms with Crippen LogP contribution in [0, 0.1) is 17.5 Å². The van der Waals surface area contributed by atoms with E-state index in [9.17, 15) is 26.4 Å². The van der Waals surface area contributed by atoms with Gasteiger partial charge in [-0.1, -0.05) is 41.9 Å². The van der Waals surface area contributed by atoms with Gasteiger partial charge in [0, 0.05) is 5.02 Å². The Morgan fingerprint density at radius 2 is 1.73 bits per heavy atom. The molecular formula is C22H18ClF3N2O4S. The third kappa shape index (κ3) is 5.84. The van der Waals surface area contributed by atoms with Gasteiger partial charge in [-0.05, 0) is 42.3 Å². The molecule has 1 unspecified atom stereocenters. The Bertz CT molecular complexity index is 1270. The molecule has 0 heterocycles. The fourth-order valence-electron chi connectivity index (χ4n) is 2.99. The molecule has 0 spiro atoms. The highest BCUT2D eigenvalue weighted by Gasteiger charge is 2.29. The average Bonchev–Trinajstić information content (AvgIpc) is 2.79. The molecule has 3 rings (SSSR count). The molecule has 33 heavy (non-hydrogen) atoms. The van der Waals surface area contributed by atoms with Gasteiger partial charge in [-0.15, -0.1) is 0 Å². The molecule has 0 radical (unpaired) electrons. The van der Waals surface area contributed by atoms with Crippen LogP contribution < -0.4 is 14.8 Å². The summed E-state index contributed by atoms with van der Waals surface area (Å²) in [6.07, 6.45) is -0.125. The van der Waals surface area contributed by atoms with Crippen molar-refractivity contribution >= 4 is 33.2 Å². The van der Waals surface area contributed by atoms with E-state index in [2.05, 4.69) is 10.0 Å². The van der Waals surface area contributed by atoms with Crippen molar-refractivity contribution in [1.29, 1.82) is 0 Å². The van der Waals surface area contributed by atoms with Crippen molar-refractivity contribution in [3.05, 3.63) is 88.7 Å². The lowest BCUT2D eigenvalue weighted by Gasteiger charge is -2.20. The van der Waals surface area contributed by atoms with Gasteiger partial charge in [0.15, 0.2) is 17.5 Å². The van der Waals surface area contributed by atoms with Gasteiger partial charge in [0.1, 0.15) is 16.7 Å². The second kappa shape index (κ2) is 10.2. The highest BCUT2D eigenvalue weighted by Crippen LogP contribution is 2.27. The van der Waals surface area contributed by atoms with Gasteiger partial charge >= 0.3 is 0 Å². The number of methoxy groups -OCH3 is 1.